The van der Waals surface area contributed by atoms with Gasteiger partial charge < -0.3 is 29.4 Å². The van der Waals surface area contributed by atoms with E-state index < -0.39 is 18.8 Å². The van der Waals surface area contributed by atoms with Crippen LogP contribution >= 0.6 is 31.0 Å². The molecule has 6 atom stereocenters. The highest BCUT2D eigenvalue weighted by molar-refractivity contribution is 7.46. The molecule has 15 heteroatoms. The second-order valence-electron chi connectivity index (χ2n) is 14.8. The molecule has 12 nitrogen and oxygen atoms in total. The number of hydrogen-bond donors (Lipinski definition) is 5. The standard InChI is InChI=1S/C33H30Cl2N5O7P/c1-11-7-36-26-17(41)3-15-21(19(11)26)14(6-35)10-39(15)31(43)33-24-23-25(33)29-32(23,28(24)40(29)33)30(42)38-9-13(5-34)22-16(38)4-18(47-48(44,45)46)27-20(22)12(2)8-37-27/h3-4,7-8,13-14,23-25,28-29,36-37,41H,5-6,9-10H2,1-2H3,(H2,44,45,46)/t13-,14-,23?,24?,25?,28?,29?,32?,33?/m1/s1. The summed E-state index contributed by atoms with van der Waals surface area (Å²) in [6.07, 6.45) is 3.62. The number of carbonyl (C=O) groups is 2. The number of phenolic OH excluding ortho intramolecular Hbond substituents is 1. The van der Waals surface area contributed by atoms with Crippen molar-refractivity contribution in [3.05, 3.63) is 46.8 Å². The summed E-state index contributed by atoms with van der Waals surface area (Å²) in [5.74, 6) is 0.856. The van der Waals surface area contributed by atoms with Crippen molar-refractivity contribution < 1.29 is 33.6 Å². The number of nitrogens with one attached hydrogen (secondary N) is 2. The van der Waals surface area contributed by atoms with E-state index >= 15 is 0 Å². The molecule has 4 aromatic rings. The Balaban J connectivity index is 0.927. The number of amides is 2. The number of aryl methyl sites for hydroxylation is 2. The van der Waals surface area contributed by atoms with Gasteiger partial charge in [0.2, 0.25) is 11.8 Å². The molecule has 0 bridgehead atoms. The number of benzene rings is 2. The van der Waals surface area contributed by atoms with Crippen molar-refractivity contribution in [2.24, 2.45) is 23.2 Å². The summed E-state index contributed by atoms with van der Waals surface area (Å²) in [5, 5.41) is 12.6. The third-order valence-electron chi connectivity index (χ3n) is 13.3. The maximum Gasteiger partial charge on any atom is 0.524 e. The van der Waals surface area contributed by atoms with Crippen LogP contribution in [0.2, 0.25) is 0 Å². The van der Waals surface area contributed by atoms with Gasteiger partial charge in [-0.1, -0.05) is 0 Å². The SMILES string of the molecule is Cc1c[nH]c2c(O)cc3c(c12)[C@H](CCl)CN3C(=O)C12C3C4C1C1N2C3C41C(=O)N1C[C@@H](CCl)c2c1cc(OP(=O)(O)O)c1[nH]cc(C)c21. The summed E-state index contributed by atoms with van der Waals surface area (Å²) >= 11 is 13.0. The molecule has 2 aromatic heterocycles. The molecule has 0 radical (unpaired) electrons. The molecule has 6 fully saturated rings. The molecule has 4 unspecified atom stereocenters. The fraction of sp³-hybridized carbons (Fsp3) is 0.455. The quantitative estimate of drug-likeness (QED) is 0.147. The Hall–Kier alpha value is -3.25. The third-order valence-corrected chi connectivity index (χ3v) is 14.5. The van der Waals surface area contributed by atoms with Crippen LogP contribution in [0.5, 0.6) is 11.5 Å². The van der Waals surface area contributed by atoms with Crippen molar-refractivity contribution in [2.45, 2.75) is 43.3 Å². The lowest BCUT2D eigenvalue weighted by atomic mass is 9.06. The number of phosphoric acid groups is 1. The van der Waals surface area contributed by atoms with Gasteiger partial charge in [-0.3, -0.25) is 24.3 Å². The summed E-state index contributed by atoms with van der Waals surface area (Å²) in [5.41, 5.74) is 5.00. The lowest BCUT2D eigenvalue weighted by molar-refractivity contribution is -0.602. The molecule has 248 valence electrons. The van der Waals surface area contributed by atoms with Crippen LogP contribution in [0.25, 0.3) is 21.8 Å². The zero-order valence-electron chi connectivity index (χ0n) is 25.7. The number of aromatic amines is 2. The summed E-state index contributed by atoms with van der Waals surface area (Å²) in [6, 6.07) is 3.22. The molecule has 0 spiro atoms. The fourth-order valence-corrected chi connectivity index (χ4v) is 12.8. The largest absolute Gasteiger partial charge is 0.524 e. The molecule has 12 rings (SSSR count). The Bertz CT molecular complexity index is 2240. The maximum atomic E-state index is 14.7. The van der Waals surface area contributed by atoms with Crippen LogP contribution in [0, 0.1) is 37.0 Å². The Kier molecular flexibility index (Phi) is 4.98. The van der Waals surface area contributed by atoms with E-state index in [-0.39, 0.29) is 70.9 Å². The van der Waals surface area contributed by atoms with E-state index in [1.807, 2.05) is 24.9 Å². The van der Waals surface area contributed by atoms with Gasteiger partial charge in [-0.15, -0.1) is 23.2 Å². The van der Waals surface area contributed by atoms with Crippen molar-refractivity contribution in [1.82, 2.24) is 14.9 Å². The van der Waals surface area contributed by atoms with Crippen molar-refractivity contribution in [3.63, 3.8) is 0 Å². The van der Waals surface area contributed by atoms with E-state index in [9.17, 15) is 29.0 Å². The first-order valence-electron chi connectivity index (χ1n) is 16.2. The smallest absolute Gasteiger partial charge is 0.506 e. The van der Waals surface area contributed by atoms with Crippen LogP contribution in [-0.2, 0) is 14.2 Å². The number of piperidine rings is 12. The lowest BCUT2D eigenvalue weighted by Gasteiger charge is -3.10. The van der Waals surface area contributed by atoms with Crippen LogP contribution in [0.15, 0.2) is 24.5 Å². The molecular formula is C33H30Cl2N5O7P. The molecule has 3 saturated carbocycles. The van der Waals surface area contributed by atoms with E-state index in [0.29, 0.717) is 35.7 Å². The molecular weight excluding hydrogens is 680 g/mol. The van der Waals surface area contributed by atoms with Crippen molar-refractivity contribution >= 4 is 76.0 Å². The number of nitrogens with zero attached hydrogens (tertiary/aromatic N) is 3. The predicted octanol–water partition coefficient (Wildman–Crippen LogP) is 4.16. The van der Waals surface area contributed by atoms with E-state index in [0.717, 1.165) is 38.7 Å². The second-order valence-corrected chi connectivity index (χ2v) is 16.6. The molecule has 3 saturated heterocycles. The minimum Gasteiger partial charge on any atom is -0.506 e. The maximum absolute atomic E-state index is 14.7. The number of rotatable bonds is 6. The second kappa shape index (κ2) is 8.37. The topological polar surface area (TPSA) is 162 Å². The zero-order chi connectivity index (χ0) is 33.1. The number of phosphoric ester groups is 1. The van der Waals surface area contributed by atoms with E-state index in [4.69, 9.17) is 27.7 Å². The van der Waals surface area contributed by atoms with Crippen LogP contribution in [0.4, 0.5) is 11.4 Å². The molecule has 7 heterocycles. The number of H-pyrrole nitrogens is 2. The van der Waals surface area contributed by atoms with Crippen LogP contribution < -0.4 is 14.3 Å². The highest BCUT2D eigenvalue weighted by Crippen LogP contribution is 3.00. The number of carbonyl (C=O) groups excluding carboxylic acids is 2. The van der Waals surface area contributed by atoms with Gasteiger partial charge >= 0.3 is 7.82 Å². The van der Waals surface area contributed by atoms with Crippen molar-refractivity contribution in [2.75, 3.05) is 34.6 Å². The number of hydrogen-bond acceptors (Lipinski definition) is 6. The van der Waals surface area contributed by atoms with E-state index in [1.54, 1.807) is 23.2 Å². The fourth-order valence-electron chi connectivity index (χ4n) is 11.9. The van der Waals surface area contributed by atoms with E-state index in [2.05, 4.69) is 14.9 Å². The first-order chi connectivity index (χ1) is 22.9. The molecule has 3 aliphatic carbocycles. The number of aromatic nitrogens is 2. The normalized spacial score (nSPS) is 35.8. The first kappa shape index (κ1) is 28.6. The van der Waals surface area contributed by atoms with Crippen LogP contribution in [-0.4, -0.2) is 84.0 Å². The Morgan fingerprint density at radius 2 is 1.44 bits per heavy atom. The van der Waals surface area contributed by atoms with Gasteiger partial charge in [0.25, 0.3) is 0 Å². The number of aromatic hydroxyl groups is 1. The van der Waals surface area contributed by atoms with Gasteiger partial charge in [-0.2, -0.15) is 0 Å². The molecule has 5 N–H and O–H groups in total. The van der Waals surface area contributed by atoms with Crippen molar-refractivity contribution in [1.29, 1.82) is 0 Å². The minimum absolute atomic E-state index is 0.000460. The average molecular weight is 711 g/mol. The molecule has 2 aromatic carbocycles. The number of phenols is 1. The summed E-state index contributed by atoms with van der Waals surface area (Å²) in [7, 11) is -4.88. The Morgan fingerprint density at radius 1 is 0.896 bits per heavy atom. The van der Waals surface area contributed by atoms with Gasteiger partial charge in [-0.25, -0.2) is 4.57 Å². The molecule has 5 aliphatic heterocycles. The van der Waals surface area contributed by atoms with Crippen molar-refractivity contribution in [3.8, 4) is 11.5 Å². The monoisotopic (exact) mass is 709 g/mol. The molecule has 8 aliphatic rings. The first-order valence-corrected chi connectivity index (χ1v) is 18.8. The number of halogens is 2. The van der Waals surface area contributed by atoms with Gasteiger partial charge in [0, 0.05) is 95.9 Å². The predicted molar refractivity (Wildman–Crippen MR) is 177 cm³/mol. The van der Waals surface area contributed by atoms with Gasteiger partial charge in [0.05, 0.1) is 27.8 Å². The summed E-state index contributed by atoms with van der Waals surface area (Å²) < 4.78 is 17.0. The molecule has 2 amide bonds. The molecule has 48 heavy (non-hydrogen) atoms. The minimum atomic E-state index is -4.88. The number of alkyl halides is 2. The summed E-state index contributed by atoms with van der Waals surface area (Å²) in [4.78, 5) is 60.6. The summed E-state index contributed by atoms with van der Waals surface area (Å²) in [6.45, 7) is 4.70. The third kappa shape index (κ3) is 2.65. The highest BCUT2D eigenvalue weighted by Gasteiger charge is 3.13. The Labute approximate surface area is 283 Å². The number of fused-ring (bicyclic) bond motifs is 6. The average Bonchev–Trinajstić information content (AvgIpc) is 3.82. The number of anilines is 2. The lowest BCUT2D eigenvalue weighted by Crippen LogP contribution is -3.24. The Morgan fingerprint density at radius 3 is 1.98 bits per heavy atom. The van der Waals surface area contributed by atoms with E-state index in [1.165, 1.54) is 0 Å². The van der Waals surface area contributed by atoms with Crippen LogP contribution in [0.1, 0.15) is 34.1 Å². The van der Waals surface area contributed by atoms with Gasteiger partial charge in [0.15, 0.2) is 5.75 Å². The highest BCUT2D eigenvalue weighted by atomic mass is 35.5. The van der Waals surface area contributed by atoms with Gasteiger partial charge in [-0.05, 0) is 42.0 Å². The van der Waals surface area contributed by atoms with Crippen LogP contribution in [0.3, 0.4) is 0 Å². The zero-order valence-corrected chi connectivity index (χ0v) is 28.1. The van der Waals surface area contributed by atoms with Gasteiger partial charge in [0.1, 0.15) is 11.3 Å².